The van der Waals surface area contributed by atoms with E-state index in [0.29, 0.717) is 5.56 Å². The summed E-state index contributed by atoms with van der Waals surface area (Å²) in [5.74, 6) is -1.62. The first-order chi connectivity index (χ1) is 7.88. The third-order valence-electron chi connectivity index (χ3n) is 2.15. The lowest BCUT2D eigenvalue weighted by molar-refractivity contribution is -0.386. The Morgan fingerprint density at radius 2 is 2.12 bits per heavy atom. The molecule has 0 bridgehead atoms. The van der Waals surface area contributed by atoms with E-state index in [4.69, 9.17) is 5.11 Å². The van der Waals surface area contributed by atoms with Crippen LogP contribution in [0.2, 0.25) is 0 Å². The molecule has 0 aliphatic heterocycles. The van der Waals surface area contributed by atoms with Crippen molar-refractivity contribution in [3.05, 3.63) is 38.9 Å². The molecule has 0 amide bonds. The van der Waals surface area contributed by atoms with Gasteiger partial charge in [-0.3, -0.25) is 14.9 Å². The van der Waals surface area contributed by atoms with Crippen molar-refractivity contribution in [3.63, 3.8) is 0 Å². The number of nitro benzene ring substituents is 1. The van der Waals surface area contributed by atoms with Gasteiger partial charge in [-0.1, -0.05) is 0 Å². The van der Waals surface area contributed by atoms with Gasteiger partial charge < -0.3 is 10.2 Å². The maximum atomic E-state index is 10.8. The number of aliphatic hydroxyl groups is 1. The van der Waals surface area contributed by atoms with Crippen molar-refractivity contribution >= 4 is 17.9 Å². The van der Waals surface area contributed by atoms with Gasteiger partial charge in [-0.15, -0.1) is 0 Å². The Balaban J connectivity index is 3.56. The Kier molecular flexibility index (Phi) is 3.54. The fourth-order valence-electron chi connectivity index (χ4n) is 1.48. The second kappa shape index (κ2) is 4.71. The molecule has 90 valence electrons. The van der Waals surface area contributed by atoms with Crippen molar-refractivity contribution < 1.29 is 24.7 Å². The van der Waals surface area contributed by atoms with Gasteiger partial charge in [0.25, 0.3) is 5.69 Å². The van der Waals surface area contributed by atoms with Crippen LogP contribution in [0.3, 0.4) is 0 Å². The lowest BCUT2D eigenvalue weighted by Gasteiger charge is -2.09. The van der Waals surface area contributed by atoms with E-state index in [1.165, 1.54) is 19.1 Å². The third kappa shape index (κ3) is 2.45. The molecule has 1 aromatic rings. The molecular weight excluding hydrogens is 230 g/mol. The van der Waals surface area contributed by atoms with Gasteiger partial charge in [-0.05, 0) is 24.6 Å². The predicted octanol–water partition coefficient (Wildman–Crippen LogP) is 0.834. The molecule has 0 aromatic heterocycles. The molecule has 2 N–H and O–H groups in total. The van der Waals surface area contributed by atoms with E-state index in [1.54, 1.807) is 0 Å². The van der Waals surface area contributed by atoms with Crippen LogP contribution in [0.25, 0.3) is 0 Å². The summed E-state index contributed by atoms with van der Waals surface area (Å²) in [5, 5.41) is 28.8. The van der Waals surface area contributed by atoms with Crippen molar-refractivity contribution in [2.75, 3.05) is 0 Å². The second-order valence-corrected chi connectivity index (χ2v) is 3.41. The summed E-state index contributed by atoms with van der Waals surface area (Å²) < 4.78 is 0. The Bertz CT molecular complexity index is 496. The van der Waals surface area contributed by atoms with E-state index in [-0.39, 0.29) is 11.8 Å². The molecule has 17 heavy (non-hydrogen) atoms. The number of nitro groups is 1. The molecule has 0 saturated heterocycles. The van der Waals surface area contributed by atoms with Gasteiger partial charge in [-0.25, -0.2) is 4.79 Å². The van der Waals surface area contributed by atoms with Gasteiger partial charge >= 0.3 is 5.97 Å². The number of aldehydes is 1. The fourth-order valence-corrected chi connectivity index (χ4v) is 1.48. The number of rotatable bonds is 4. The van der Waals surface area contributed by atoms with E-state index in [9.17, 15) is 24.8 Å². The second-order valence-electron chi connectivity index (χ2n) is 3.41. The lowest BCUT2D eigenvalue weighted by atomic mass is 10.00. The van der Waals surface area contributed by atoms with E-state index in [0.717, 1.165) is 0 Å². The maximum Gasteiger partial charge on any atom is 0.337 e. The van der Waals surface area contributed by atoms with Crippen LogP contribution in [0.5, 0.6) is 0 Å². The first kappa shape index (κ1) is 12.8. The van der Waals surface area contributed by atoms with Gasteiger partial charge in [0, 0.05) is 0 Å². The number of hydrogen-bond donors (Lipinski definition) is 2. The molecule has 0 saturated carbocycles. The fraction of sp³-hybridized carbons (Fsp3) is 0.200. The zero-order chi connectivity index (χ0) is 13.2. The molecule has 0 fully saturated rings. The Morgan fingerprint density at radius 1 is 1.53 bits per heavy atom. The van der Waals surface area contributed by atoms with E-state index < -0.39 is 28.2 Å². The van der Waals surface area contributed by atoms with Gasteiger partial charge in [-0.2, -0.15) is 0 Å². The standard InChI is InChI=1S/C10H9NO6/c1-5-2-6(4-12)8(11(16)17)7(3-5)9(13)10(14)15/h2-4,9,13H,1H3,(H,14,15). The highest BCUT2D eigenvalue weighted by Crippen LogP contribution is 2.29. The van der Waals surface area contributed by atoms with Crippen LogP contribution < -0.4 is 0 Å². The van der Waals surface area contributed by atoms with Crippen LogP contribution in [0.4, 0.5) is 5.69 Å². The van der Waals surface area contributed by atoms with Crippen molar-refractivity contribution in [2.24, 2.45) is 0 Å². The molecule has 1 unspecified atom stereocenters. The quantitative estimate of drug-likeness (QED) is 0.456. The van der Waals surface area contributed by atoms with E-state index >= 15 is 0 Å². The monoisotopic (exact) mass is 239 g/mol. The summed E-state index contributed by atoms with van der Waals surface area (Å²) in [6.07, 6.45) is -1.78. The molecule has 0 aliphatic rings. The first-order valence-electron chi connectivity index (χ1n) is 4.53. The summed E-state index contributed by atoms with van der Waals surface area (Å²) in [6.45, 7) is 1.54. The Hall–Kier alpha value is -2.28. The Labute approximate surface area is 95.5 Å². The van der Waals surface area contributed by atoms with Crippen molar-refractivity contribution in [3.8, 4) is 0 Å². The highest BCUT2D eigenvalue weighted by molar-refractivity contribution is 5.85. The van der Waals surface area contributed by atoms with Gasteiger partial charge in [0.2, 0.25) is 0 Å². The number of nitrogens with zero attached hydrogens (tertiary/aromatic N) is 1. The van der Waals surface area contributed by atoms with Crippen LogP contribution in [0.1, 0.15) is 27.6 Å². The summed E-state index contributed by atoms with van der Waals surface area (Å²) in [7, 11) is 0. The molecule has 1 rings (SSSR count). The van der Waals surface area contributed by atoms with Crippen LogP contribution in [-0.4, -0.2) is 27.4 Å². The summed E-state index contributed by atoms with van der Waals surface area (Å²) in [4.78, 5) is 31.2. The smallest absolute Gasteiger partial charge is 0.337 e. The van der Waals surface area contributed by atoms with E-state index in [2.05, 4.69) is 0 Å². The predicted molar refractivity (Wildman–Crippen MR) is 55.8 cm³/mol. The molecule has 0 aliphatic carbocycles. The summed E-state index contributed by atoms with van der Waals surface area (Å²) >= 11 is 0. The molecule has 7 nitrogen and oxygen atoms in total. The Morgan fingerprint density at radius 3 is 2.53 bits per heavy atom. The highest BCUT2D eigenvalue weighted by atomic mass is 16.6. The molecular formula is C10H9NO6. The average Bonchev–Trinajstić information content (AvgIpc) is 2.25. The number of carbonyl (C=O) groups excluding carboxylic acids is 1. The largest absolute Gasteiger partial charge is 0.479 e. The van der Waals surface area contributed by atoms with Gasteiger partial charge in [0.1, 0.15) is 0 Å². The number of carboxylic acid groups (broad SMARTS) is 1. The molecule has 0 spiro atoms. The number of carboxylic acids is 1. The van der Waals surface area contributed by atoms with Gasteiger partial charge in [0.05, 0.1) is 16.1 Å². The molecule has 1 aromatic carbocycles. The average molecular weight is 239 g/mol. The number of aliphatic carboxylic acids is 1. The molecule has 7 heteroatoms. The number of benzene rings is 1. The van der Waals surface area contributed by atoms with Crippen molar-refractivity contribution in [2.45, 2.75) is 13.0 Å². The van der Waals surface area contributed by atoms with Crippen LogP contribution in [0.15, 0.2) is 12.1 Å². The van der Waals surface area contributed by atoms with Crippen molar-refractivity contribution in [1.82, 2.24) is 0 Å². The molecule has 1 atom stereocenters. The minimum absolute atomic E-state index is 0.253. The summed E-state index contributed by atoms with van der Waals surface area (Å²) in [5.41, 5.74) is -0.886. The number of carbonyl (C=O) groups is 2. The van der Waals surface area contributed by atoms with Crippen LogP contribution in [-0.2, 0) is 4.79 Å². The molecule has 0 heterocycles. The minimum atomic E-state index is -2.03. The topological polar surface area (TPSA) is 118 Å². The normalized spacial score (nSPS) is 11.9. The number of aryl methyl sites for hydroxylation is 1. The minimum Gasteiger partial charge on any atom is -0.479 e. The lowest BCUT2D eigenvalue weighted by Crippen LogP contribution is -2.14. The van der Waals surface area contributed by atoms with Gasteiger partial charge in [0.15, 0.2) is 12.4 Å². The molecule has 0 radical (unpaired) electrons. The van der Waals surface area contributed by atoms with E-state index in [1.807, 2.05) is 0 Å². The van der Waals surface area contributed by atoms with Crippen LogP contribution in [0, 0.1) is 17.0 Å². The highest BCUT2D eigenvalue weighted by Gasteiger charge is 2.29. The third-order valence-corrected chi connectivity index (χ3v) is 2.15. The number of aliphatic hydroxyl groups excluding tert-OH is 1. The first-order valence-corrected chi connectivity index (χ1v) is 4.53. The van der Waals surface area contributed by atoms with Crippen LogP contribution >= 0.6 is 0 Å². The summed E-state index contributed by atoms with van der Waals surface area (Å²) in [6, 6.07) is 2.42. The zero-order valence-electron chi connectivity index (χ0n) is 8.78. The zero-order valence-corrected chi connectivity index (χ0v) is 8.78. The number of hydrogen-bond acceptors (Lipinski definition) is 5. The maximum absolute atomic E-state index is 10.8. The SMILES string of the molecule is Cc1cc(C=O)c([N+](=O)[O-])c(C(O)C(=O)O)c1. The van der Waals surface area contributed by atoms with Crippen molar-refractivity contribution in [1.29, 1.82) is 0 Å².